The highest BCUT2D eigenvalue weighted by Gasteiger charge is 2.25. The molecule has 0 amide bonds. The van der Waals surface area contributed by atoms with E-state index in [-0.39, 0.29) is 32.6 Å². The van der Waals surface area contributed by atoms with E-state index in [9.17, 15) is 19.0 Å². The molecule has 0 bridgehead atoms. The lowest BCUT2D eigenvalue weighted by Gasteiger charge is -2.19. The van der Waals surface area contributed by atoms with E-state index in [0.29, 0.717) is 12.8 Å². The largest absolute Gasteiger partial charge is 0.472 e. The molecule has 0 aliphatic carbocycles. The highest BCUT2D eigenvalue weighted by Crippen LogP contribution is 2.43. The number of allylic oxidation sites excluding steroid dienone is 14. The van der Waals surface area contributed by atoms with Crippen LogP contribution in [0.25, 0.3) is 0 Å². The Hall–Kier alpha value is -2.81. The fourth-order valence-corrected chi connectivity index (χ4v) is 5.58. The quantitative estimate of drug-likeness (QED) is 0.0277. The topological polar surface area (TPSA) is 134 Å². The lowest BCUT2D eigenvalue weighted by atomic mass is 10.1. The van der Waals surface area contributed by atoms with E-state index < -0.39 is 32.5 Å². The summed E-state index contributed by atoms with van der Waals surface area (Å²) in [6.07, 6.45) is 47.7. The van der Waals surface area contributed by atoms with Gasteiger partial charge in [-0.3, -0.25) is 18.6 Å². The smallest absolute Gasteiger partial charge is 0.462 e. The van der Waals surface area contributed by atoms with E-state index in [0.717, 1.165) is 64.2 Å². The van der Waals surface area contributed by atoms with Gasteiger partial charge in [0.05, 0.1) is 13.2 Å². The molecule has 2 atom stereocenters. The first-order valence-corrected chi connectivity index (χ1v) is 21.6. The fraction of sp³-hybridized carbons (Fsp3) is 0.628. The molecule has 0 aromatic heterocycles. The van der Waals surface area contributed by atoms with Crippen molar-refractivity contribution in [3.05, 3.63) is 85.1 Å². The van der Waals surface area contributed by atoms with Crippen molar-refractivity contribution in [3.8, 4) is 0 Å². The van der Waals surface area contributed by atoms with Gasteiger partial charge in [-0.2, -0.15) is 0 Å². The Morgan fingerprint density at radius 2 is 1.06 bits per heavy atom. The van der Waals surface area contributed by atoms with Crippen molar-refractivity contribution < 1.29 is 37.6 Å². The molecule has 3 N–H and O–H groups in total. The first kappa shape index (κ1) is 50.2. The maximum absolute atomic E-state index is 12.5. The third kappa shape index (κ3) is 38.7. The number of phosphoric ester groups is 1. The lowest BCUT2D eigenvalue weighted by molar-refractivity contribution is -0.161. The van der Waals surface area contributed by atoms with Gasteiger partial charge in [0.2, 0.25) is 0 Å². The van der Waals surface area contributed by atoms with Gasteiger partial charge in [0.1, 0.15) is 6.61 Å². The van der Waals surface area contributed by atoms with Gasteiger partial charge < -0.3 is 20.1 Å². The summed E-state index contributed by atoms with van der Waals surface area (Å²) >= 11 is 0. The molecule has 0 heterocycles. The van der Waals surface area contributed by atoms with Crippen molar-refractivity contribution in [1.29, 1.82) is 0 Å². The molecule has 0 rings (SSSR count). The molecule has 0 saturated heterocycles. The molecular weight excluding hydrogens is 689 g/mol. The van der Waals surface area contributed by atoms with Gasteiger partial charge in [0.25, 0.3) is 0 Å². The first-order chi connectivity index (χ1) is 25.8. The second kappa shape index (κ2) is 38.9. The van der Waals surface area contributed by atoms with Crippen LogP contribution in [0.15, 0.2) is 85.1 Å². The molecule has 0 radical (unpaired) electrons. The summed E-state index contributed by atoms with van der Waals surface area (Å²) in [5.41, 5.74) is 5.33. The molecule has 9 nitrogen and oxygen atoms in total. The minimum atomic E-state index is -4.40. The van der Waals surface area contributed by atoms with Crippen LogP contribution in [-0.4, -0.2) is 49.3 Å². The summed E-state index contributed by atoms with van der Waals surface area (Å²) in [6.45, 7) is 3.47. The van der Waals surface area contributed by atoms with Crippen LogP contribution in [0, 0.1) is 0 Å². The Morgan fingerprint density at radius 1 is 0.585 bits per heavy atom. The molecule has 0 fully saturated rings. The molecular formula is C43H72NO8P. The van der Waals surface area contributed by atoms with Gasteiger partial charge in [0, 0.05) is 19.4 Å². The number of carbonyl (C=O) groups excluding carboxylic acids is 2. The van der Waals surface area contributed by atoms with Crippen molar-refractivity contribution in [2.45, 2.75) is 148 Å². The van der Waals surface area contributed by atoms with Gasteiger partial charge in [-0.1, -0.05) is 131 Å². The van der Waals surface area contributed by atoms with Crippen molar-refractivity contribution in [2.24, 2.45) is 5.73 Å². The molecule has 302 valence electrons. The number of carbonyl (C=O) groups is 2. The van der Waals surface area contributed by atoms with Crippen molar-refractivity contribution in [3.63, 3.8) is 0 Å². The number of hydrogen-bond acceptors (Lipinski definition) is 8. The lowest BCUT2D eigenvalue weighted by Crippen LogP contribution is -2.29. The molecule has 0 aromatic rings. The molecule has 10 heteroatoms. The summed E-state index contributed by atoms with van der Waals surface area (Å²) in [5.74, 6) is -0.949. The normalized spacial score (nSPS) is 14.3. The van der Waals surface area contributed by atoms with Gasteiger partial charge in [-0.15, -0.1) is 0 Å². The Balaban J connectivity index is 4.37. The highest BCUT2D eigenvalue weighted by molar-refractivity contribution is 7.47. The van der Waals surface area contributed by atoms with Crippen LogP contribution in [0.1, 0.15) is 142 Å². The van der Waals surface area contributed by atoms with Gasteiger partial charge >= 0.3 is 19.8 Å². The summed E-state index contributed by atoms with van der Waals surface area (Å²) in [6, 6.07) is 0. The van der Waals surface area contributed by atoms with E-state index in [1.165, 1.54) is 38.5 Å². The number of phosphoric acid groups is 1. The number of nitrogens with two attached hydrogens (primary N) is 1. The number of rotatable bonds is 36. The fourth-order valence-electron chi connectivity index (χ4n) is 4.82. The monoisotopic (exact) mass is 761 g/mol. The zero-order valence-electron chi connectivity index (χ0n) is 33.0. The summed E-state index contributed by atoms with van der Waals surface area (Å²) in [7, 11) is -4.40. The number of hydrogen-bond donors (Lipinski definition) is 2. The minimum Gasteiger partial charge on any atom is -0.462 e. The predicted octanol–water partition coefficient (Wildman–Crippen LogP) is 11.3. The summed E-state index contributed by atoms with van der Waals surface area (Å²) in [5, 5.41) is 0. The number of unbranched alkanes of at least 4 members (excludes halogenated alkanes) is 9. The molecule has 53 heavy (non-hydrogen) atoms. The van der Waals surface area contributed by atoms with Gasteiger partial charge in [-0.25, -0.2) is 4.57 Å². The predicted molar refractivity (Wildman–Crippen MR) is 219 cm³/mol. The van der Waals surface area contributed by atoms with E-state index >= 15 is 0 Å². The first-order valence-electron chi connectivity index (χ1n) is 20.1. The molecule has 0 aliphatic rings. The number of ether oxygens (including phenoxy) is 2. The van der Waals surface area contributed by atoms with Gasteiger partial charge in [0.15, 0.2) is 6.10 Å². The second-order valence-electron chi connectivity index (χ2n) is 12.8. The van der Waals surface area contributed by atoms with Crippen LogP contribution in [0.3, 0.4) is 0 Å². The third-order valence-electron chi connectivity index (χ3n) is 7.77. The van der Waals surface area contributed by atoms with E-state index in [2.05, 4.69) is 92.8 Å². The molecule has 0 saturated carbocycles. The standard InChI is InChI=1S/C43H72NO8P/c1-3-5-7-9-11-13-15-17-19-20-22-23-25-27-29-31-33-35-42(45)49-39-41(40-51-53(47,48)50-38-37-44)52-43(46)36-34-32-30-28-26-24-21-18-16-14-12-10-8-6-4-2/h6,8,12,14,17-19,21-23,26-29,41H,3-5,7,9-11,13,15-16,20,24-25,30-40,44H2,1-2H3,(H,47,48). The summed E-state index contributed by atoms with van der Waals surface area (Å²) < 4.78 is 32.6. The van der Waals surface area contributed by atoms with Crippen molar-refractivity contribution in [1.82, 2.24) is 0 Å². The Labute approximate surface area is 322 Å². The maximum atomic E-state index is 12.5. The van der Waals surface area contributed by atoms with E-state index in [1.54, 1.807) is 0 Å². The van der Waals surface area contributed by atoms with Crippen LogP contribution in [0.5, 0.6) is 0 Å². The van der Waals surface area contributed by atoms with Crippen LogP contribution < -0.4 is 5.73 Å². The van der Waals surface area contributed by atoms with E-state index in [4.69, 9.17) is 24.3 Å². The molecule has 0 aliphatic heterocycles. The zero-order chi connectivity index (χ0) is 38.9. The zero-order valence-corrected chi connectivity index (χ0v) is 33.9. The molecule has 0 spiro atoms. The Morgan fingerprint density at radius 3 is 1.60 bits per heavy atom. The Kier molecular flexibility index (Phi) is 36.8. The van der Waals surface area contributed by atoms with Gasteiger partial charge in [-0.05, 0) is 83.5 Å². The third-order valence-corrected chi connectivity index (χ3v) is 8.75. The van der Waals surface area contributed by atoms with E-state index in [1.807, 2.05) is 6.08 Å². The number of esters is 2. The van der Waals surface area contributed by atoms with Crippen LogP contribution >= 0.6 is 7.82 Å². The average Bonchev–Trinajstić information content (AvgIpc) is 3.14. The highest BCUT2D eigenvalue weighted by atomic mass is 31.2. The van der Waals surface area contributed by atoms with Crippen LogP contribution in [-0.2, 0) is 32.7 Å². The second-order valence-corrected chi connectivity index (χ2v) is 14.2. The molecule has 2 unspecified atom stereocenters. The SMILES string of the molecule is CCC=CCC=CCC=CCC=CCCCCC(=O)OC(COC(=O)CCCC=CCC=CCC=CCCCCCCCC)COP(=O)(O)OCCN. The van der Waals surface area contributed by atoms with Crippen molar-refractivity contribution in [2.75, 3.05) is 26.4 Å². The summed E-state index contributed by atoms with van der Waals surface area (Å²) in [4.78, 5) is 34.7. The molecule has 0 aromatic carbocycles. The maximum Gasteiger partial charge on any atom is 0.472 e. The average molecular weight is 762 g/mol. The van der Waals surface area contributed by atoms with Crippen LogP contribution in [0.2, 0.25) is 0 Å². The Bertz CT molecular complexity index is 1140. The van der Waals surface area contributed by atoms with Crippen molar-refractivity contribution >= 4 is 19.8 Å². The minimum absolute atomic E-state index is 0.0355. The van der Waals surface area contributed by atoms with Crippen LogP contribution in [0.4, 0.5) is 0 Å².